The molecule has 3 aromatic rings. The Morgan fingerprint density at radius 3 is 2.26 bits per heavy atom. The molecule has 6 heteroatoms. The lowest BCUT2D eigenvalue weighted by molar-refractivity contribution is -0.325. The first kappa shape index (κ1) is 20.9. The van der Waals surface area contributed by atoms with Crippen molar-refractivity contribution in [3.63, 3.8) is 0 Å². The molecule has 0 unspecified atom stereocenters. The Balaban J connectivity index is 1.53. The van der Waals surface area contributed by atoms with E-state index in [1.54, 1.807) is 12.1 Å². The van der Waals surface area contributed by atoms with Crippen LogP contribution in [0.4, 0.5) is 5.69 Å². The third-order valence-corrected chi connectivity index (χ3v) is 5.02. The highest BCUT2D eigenvalue weighted by Gasteiger charge is 2.33. The summed E-state index contributed by atoms with van der Waals surface area (Å²) in [5.41, 5.74) is 2.47. The van der Waals surface area contributed by atoms with Crippen molar-refractivity contribution in [2.75, 3.05) is 32.1 Å². The van der Waals surface area contributed by atoms with E-state index in [1.165, 1.54) is 5.06 Å². The van der Waals surface area contributed by atoms with E-state index in [0.29, 0.717) is 12.2 Å². The maximum absolute atomic E-state index is 13.0. The van der Waals surface area contributed by atoms with Crippen LogP contribution in [0.5, 0.6) is 5.75 Å². The zero-order chi connectivity index (χ0) is 21.6. The summed E-state index contributed by atoms with van der Waals surface area (Å²) in [6.07, 6.45) is -1.05. The third-order valence-electron chi connectivity index (χ3n) is 5.02. The van der Waals surface area contributed by atoms with E-state index < -0.39 is 6.29 Å². The standard InChI is InChI=1S/C25H26N2O4/c1-26(2)21-15-13-20(14-16-21)25-30-23(18-29-22-11-7-4-8-12-22)17-27(31-25)24(28)19-9-5-3-6-10-19/h3-16,23,25H,17-18H2,1-2H3/t23-,25+/m0/s1. The van der Waals surface area contributed by atoms with E-state index in [0.717, 1.165) is 17.0 Å². The molecule has 31 heavy (non-hydrogen) atoms. The van der Waals surface area contributed by atoms with Gasteiger partial charge in [0.1, 0.15) is 18.5 Å². The minimum absolute atomic E-state index is 0.205. The molecule has 1 heterocycles. The highest BCUT2D eigenvalue weighted by Crippen LogP contribution is 2.29. The Bertz CT molecular complexity index is 977. The highest BCUT2D eigenvalue weighted by atomic mass is 16.8. The Morgan fingerprint density at radius 1 is 0.968 bits per heavy atom. The van der Waals surface area contributed by atoms with Gasteiger partial charge in [-0.25, -0.2) is 9.90 Å². The van der Waals surface area contributed by atoms with Crippen LogP contribution in [-0.2, 0) is 9.57 Å². The van der Waals surface area contributed by atoms with Crippen LogP contribution in [0.2, 0.25) is 0 Å². The van der Waals surface area contributed by atoms with Crippen LogP contribution in [0, 0.1) is 0 Å². The second-order valence-corrected chi connectivity index (χ2v) is 7.54. The molecule has 160 valence electrons. The van der Waals surface area contributed by atoms with Gasteiger partial charge in [0.05, 0.1) is 6.54 Å². The van der Waals surface area contributed by atoms with Crippen molar-refractivity contribution in [2.24, 2.45) is 0 Å². The molecule has 1 aliphatic rings. The first-order chi connectivity index (χ1) is 15.1. The van der Waals surface area contributed by atoms with Crippen molar-refractivity contribution in [3.05, 3.63) is 96.1 Å². The van der Waals surface area contributed by atoms with Gasteiger partial charge < -0.3 is 14.4 Å². The van der Waals surface area contributed by atoms with Gasteiger partial charge in [-0.2, -0.15) is 0 Å². The molecule has 0 radical (unpaired) electrons. The van der Waals surface area contributed by atoms with Crippen molar-refractivity contribution < 1.29 is 19.1 Å². The number of anilines is 1. The summed E-state index contributed by atoms with van der Waals surface area (Å²) in [6, 6.07) is 26.5. The Hall–Kier alpha value is -3.35. The SMILES string of the molecule is CN(C)c1ccc([C@@H]2O[C@H](COc3ccccc3)CN(C(=O)c3ccccc3)O2)cc1. The van der Waals surface area contributed by atoms with Gasteiger partial charge >= 0.3 is 0 Å². The molecule has 1 fully saturated rings. The van der Waals surface area contributed by atoms with Gasteiger partial charge in [-0.3, -0.25) is 4.79 Å². The molecule has 0 saturated carbocycles. The van der Waals surface area contributed by atoms with E-state index in [2.05, 4.69) is 0 Å². The van der Waals surface area contributed by atoms with Crippen molar-refractivity contribution in [1.29, 1.82) is 0 Å². The summed E-state index contributed by atoms with van der Waals surface area (Å²) in [6.45, 7) is 0.574. The Morgan fingerprint density at radius 2 is 1.61 bits per heavy atom. The average molecular weight is 418 g/mol. The quantitative estimate of drug-likeness (QED) is 0.597. The predicted octanol–water partition coefficient (Wildman–Crippen LogP) is 4.30. The number of nitrogens with zero attached hydrogens (tertiary/aromatic N) is 2. The highest BCUT2D eigenvalue weighted by molar-refractivity contribution is 5.93. The van der Waals surface area contributed by atoms with Crippen LogP contribution in [0.1, 0.15) is 22.2 Å². The number of hydrogen-bond acceptors (Lipinski definition) is 5. The number of hydroxylamine groups is 2. The van der Waals surface area contributed by atoms with Gasteiger partial charge in [0, 0.05) is 30.9 Å². The van der Waals surface area contributed by atoms with Crippen LogP contribution in [0.25, 0.3) is 0 Å². The number of carbonyl (C=O) groups excluding carboxylic acids is 1. The molecule has 1 aliphatic heterocycles. The third kappa shape index (κ3) is 5.23. The molecule has 6 nitrogen and oxygen atoms in total. The van der Waals surface area contributed by atoms with Gasteiger partial charge in [0.2, 0.25) is 6.29 Å². The Labute approximate surface area is 182 Å². The van der Waals surface area contributed by atoms with E-state index in [-0.39, 0.29) is 18.6 Å². The largest absolute Gasteiger partial charge is 0.491 e. The topological polar surface area (TPSA) is 51.2 Å². The molecule has 0 spiro atoms. The van der Waals surface area contributed by atoms with Crippen molar-refractivity contribution in [3.8, 4) is 5.75 Å². The normalized spacial score (nSPS) is 18.5. The summed E-state index contributed by atoms with van der Waals surface area (Å²) < 4.78 is 12.0. The minimum Gasteiger partial charge on any atom is -0.491 e. The molecule has 0 aromatic heterocycles. The summed E-state index contributed by atoms with van der Waals surface area (Å²) >= 11 is 0. The zero-order valence-electron chi connectivity index (χ0n) is 17.7. The second kappa shape index (κ2) is 9.64. The number of hydrogen-bond donors (Lipinski definition) is 0. The fourth-order valence-corrected chi connectivity index (χ4v) is 3.31. The number of rotatable bonds is 6. The smallest absolute Gasteiger partial charge is 0.277 e. The lowest BCUT2D eigenvalue weighted by Gasteiger charge is -2.37. The van der Waals surface area contributed by atoms with Crippen LogP contribution in [0.15, 0.2) is 84.9 Å². The van der Waals surface area contributed by atoms with Crippen molar-refractivity contribution in [1.82, 2.24) is 5.06 Å². The lowest BCUT2D eigenvalue weighted by Crippen LogP contribution is -2.47. The molecule has 3 aromatic carbocycles. The average Bonchev–Trinajstić information content (AvgIpc) is 2.83. The lowest BCUT2D eigenvalue weighted by atomic mass is 10.1. The monoisotopic (exact) mass is 418 g/mol. The molecule has 0 aliphatic carbocycles. The van der Waals surface area contributed by atoms with E-state index in [9.17, 15) is 4.79 Å². The summed E-state index contributed by atoms with van der Waals surface area (Å²) in [5.74, 6) is 0.550. The van der Waals surface area contributed by atoms with Gasteiger partial charge in [-0.1, -0.05) is 48.5 Å². The predicted molar refractivity (Wildman–Crippen MR) is 119 cm³/mol. The van der Waals surface area contributed by atoms with Crippen LogP contribution in [0.3, 0.4) is 0 Å². The van der Waals surface area contributed by atoms with E-state index in [4.69, 9.17) is 14.3 Å². The maximum atomic E-state index is 13.0. The number of benzene rings is 3. The molecule has 4 rings (SSSR count). The Kier molecular flexibility index (Phi) is 6.50. The van der Waals surface area contributed by atoms with Gasteiger partial charge in [0.25, 0.3) is 5.91 Å². The number of para-hydroxylation sites is 1. The van der Waals surface area contributed by atoms with Gasteiger partial charge in [0.15, 0.2) is 0 Å². The summed E-state index contributed by atoms with van der Waals surface area (Å²) in [5, 5.41) is 1.38. The molecule has 0 N–H and O–H groups in total. The van der Waals surface area contributed by atoms with Crippen LogP contribution in [-0.4, -0.2) is 44.3 Å². The van der Waals surface area contributed by atoms with Gasteiger partial charge in [-0.15, -0.1) is 0 Å². The number of amides is 1. The fourth-order valence-electron chi connectivity index (χ4n) is 3.31. The second-order valence-electron chi connectivity index (χ2n) is 7.54. The molecule has 1 saturated heterocycles. The van der Waals surface area contributed by atoms with E-state index in [1.807, 2.05) is 91.8 Å². The van der Waals surface area contributed by atoms with Gasteiger partial charge in [-0.05, 0) is 36.4 Å². The van der Waals surface area contributed by atoms with Crippen molar-refractivity contribution in [2.45, 2.75) is 12.4 Å². The fraction of sp³-hybridized carbons (Fsp3) is 0.240. The summed E-state index contributed by atoms with van der Waals surface area (Å²) in [7, 11) is 3.97. The molecular weight excluding hydrogens is 392 g/mol. The molecule has 1 amide bonds. The van der Waals surface area contributed by atoms with E-state index >= 15 is 0 Å². The molecule has 0 bridgehead atoms. The molecule has 2 atom stereocenters. The first-order valence-corrected chi connectivity index (χ1v) is 10.2. The van der Waals surface area contributed by atoms with Crippen molar-refractivity contribution >= 4 is 11.6 Å². The van der Waals surface area contributed by atoms with Crippen LogP contribution >= 0.6 is 0 Å². The zero-order valence-corrected chi connectivity index (χ0v) is 17.7. The minimum atomic E-state index is -0.706. The van der Waals surface area contributed by atoms with Crippen LogP contribution < -0.4 is 9.64 Å². The maximum Gasteiger partial charge on any atom is 0.277 e. The first-order valence-electron chi connectivity index (χ1n) is 10.2. The summed E-state index contributed by atoms with van der Waals surface area (Å²) in [4.78, 5) is 21.0. The number of carbonyl (C=O) groups is 1. The number of ether oxygens (including phenoxy) is 2. The molecular formula is C25H26N2O4.